The topological polar surface area (TPSA) is 0 Å². The van der Waals surface area contributed by atoms with Crippen molar-refractivity contribution in [2.75, 3.05) is 0 Å². The quantitative estimate of drug-likeness (QED) is 0.262. The number of hydrogen-bond acceptors (Lipinski definition) is 0. The van der Waals surface area contributed by atoms with Crippen LogP contribution >= 0.6 is 0 Å². The van der Waals surface area contributed by atoms with Crippen molar-refractivity contribution in [3.63, 3.8) is 0 Å². The van der Waals surface area contributed by atoms with Gasteiger partial charge < -0.3 is 0 Å². The van der Waals surface area contributed by atoms with Crippen molar-refractivity contribution < 1.29 is 0 Å². The zero-order valence-corrected chi connectivity index (χ0v) is 19.7. The molecule has 0 fully saturated rings. The van der Waals surface area contributed by atoms with Crippen molar-refractivity contribution in [2.45, 2.75) is 33.1 Å². The van der Waals surface area contributed by atoms with Crippen LogP contribution in [0.3, 0.4) is 0 Å². The van der Waals surface area contributed by atoms with Gasteiger partial charge in [0.15, 0.2) is 0 Å². The predicted octanol–water partition coefficient (Wildman–Crippen LogP) is 8.44. The van der Waals surface area contributed by atoms with Gasteiger partial charge in [-0.3, -0.25) is 0 Å². The highest BCUT2D eigenvalue weighted by atomic mass is 14.5. The Kier molecular flexibility index (Phi) is 4.35. The lowest BCUT2D eigenvalue weighted by Crippen LogP contribution is -2.30. The van der Waals surface area contributed by atoms with Gasteiger partial charge in [-0.25, -0.2) is 0 Å². The molecule has 0 bridgehead atoms. The lowest BCUT2D eigenvalue weighted by Gasteiger charge is -2.36. The van der Waals surface area contributed by atoms with E-state index in [1.807, 2.05) is 0 Å². The molecule has 0 unspecified atom stereocenters. The lowest BCUT2D eigenvalue weighted by atomic mass is 9.65. The van der Waals surface area contributed by atoms with E-state index in [2.05, 4.69) is 125 Å². The molecule has 6 rings (SSSR count). The van der Waals surface area contributed by atoms with Gasteiger partial charge in [-0.15, -0.1) is 0 Å². The minimum absolute atomic E-state index is 0.342. The monoisotopic (exact) mass is 424 g/mol. The summed E-state index contributed by atoms with van der Waals surface area (Å²) in [6.45, 7) is 8.91. The summed E-state index contributed by atoms with van der Waals surface area (Å²) in [5.74, 6) is 0. The summed E-state index contributed by atoms with van der Waals surface area (Å²) in [7, 11) is 0. The van der Waals surface area contributed by atoms with E-state index in [9.17, 15) is 0 Å². The SMILES string of the molecule is Cc1ccc2c(c1)C(c1ccccc1C)(c1ccccc1C)c1cc3cc(C)ccc3cc1-2. The zero-order valence-electron chi connectivity index (χ0n) is 19.7. The fraction of sp³-hybridized carbons (Fsp3) is 0.152. The maximum atomic E-state index is 2.46. The van der Waals surface area contributed by atoms with Crippen LogP contribution in [0.1, 0.15) is 44.5 Å². The van der Waals surface area contributed by atoms with Gasteiger partial charge in [0.1, 0.15) is 0 Å². The van der Waals surface area contributed by atoms with Crippen LogP contribution in [-0.4, -0.2) is 0 Å². The van der Waals surface area contributed by atoms with E-state index in [0.29, 0.717) is 0 Å². The molecule has 33 heavy (non-hydrogen) atoms. The van der Waals surface area contributed by atoms with Gasteiger partial charge in [0.2, 0.25) is 0 Å². The molecule has 0 N–H and O–H groups in total. The van der Waals surface area contributed by atoms with E-state index < -0.39 is 0 Å². The standard InChI is InChI=1S/C33H28/c1-21-13-15-25-19-28-27-16-14-22(2)18-31(27)33(32(28)20-26(25)17-21,29-11-7-5-9-23(29)3)30-12-8-6-10-24(30)4/h5-20H,1-4H3. The van der Waals surface area contributed by atoms with Gasteiger partial charge in [0.25, 0.3) is 0 Å². The Balaban J connectivity index is 1.87. The van der Waals surface area contributed by atoms with Gasteiger partial charge in [-0.1, -0.05) is 96.1 Å². The number of benzene rings is 5. The minimum atomic E-state index is -0.342. The molecule has 0 aromatic heterocycles. The van der Waals surface area contributed by atoms with Crippen LogP contribution in [0.15, 0.2) is 97.1 Å². The third-order valence-corrected chi connectivity index (χ3v) is 7.50. The van der Waals surface area contributed by atoms with Crippen LogP contribution < -0.4 is 0 Å². The highest BCUT2D eigenvalue weighted by molar-refractivity contribution is 5.96. The summed E-state index contributed by atoms with van der Waals surface area (Å²) in [6, 6.07) is 36.6. The van der Waals surface area contributed by atoms with Crippen molar-refractivity contribution in [1.29, 1.82) is 0 Å². The first-order chi connectivity index (χ1) is 16.0. The van der Waals surface area contributed by atoms with Crippen molar-refractivity contribution in [1.82, 2.24) is 0 Å². The summed E-state index contributed by atoms with van der Waals surface area (Å²) >= 11 is 0. The van der Waals surface area contributed by atoms with E-state index in [-0.39, 0.29) is 5.41 Å². The van der Waals surface area contributed by atoms with Crippen molar-refractivity contribution >= 4 is 10.8 Å². The van der Waals surface area contributed by atoms with Crippen LogP contribution in [0.2, 0.25) is 0 Å². The number of aryl methyl sites for hydroxylation is 4. The molecule has 0 amide bonds. The second kappa shape index (κ2) is 7.18. The Morgan fingerprint density at radius 1 is 0.424 bits per heavy atom. The molecule has 5 aromatic carbocycles. The van der Waals surface area contributed by atoms with E-state index >= 15 is 0 Å². The molecule has 0 radical (unpaired) electrons. The Morgan fingerprint density at radius 3 is 1.67 bits per heavy atom. The Hall–Kier alpha value is -3.64. The first kappa shape index (κ1) is 20.0. The molecule has 0 aliphatic heterocycles. The average molecular weight is 425 g/mol. The summed E-state index contributed by atoms with van der Waals surface area (Å²) < 4.78 is 0. The van der Waals surface area contributed by atoms with E-state index in [4.69, 9.17) is 0 Å². The van der Waals surface area contributed by atoms with Gasteiger partial charge in [-0.2, -0.15) is 0 Å². The normalized spacial score (nSPS) is 13.7. The maximum Gasteiger partial charge on any atom is 0.0718 e. The highest BCUT2D eigenvalue weighted by Gasteiger charge is 2.47. The number of rotatable bonds is 2. The molecule has 0 saturated carbocycles. The zero-order chi connectivity index (χ0) is 22.7. The molecular weight excluding hydrogens is 396 g/mol. The molecule has 0 atom stereocenters. The summed E-state index contributed by atoms with van der Waals surface area (Å²) in [5.41, 5.74) is 13.1. The lowest BCUT2D eigenvalue weighted by molar-refractivity contribution is 0.754. The number of fused-ring (bicyclic) bond motifs is 4. The Labute approximate surface area is 196 Å². The van der Waals surface area contributed by atoms with Gasteiger partial charge in [0.05, 0.1) is 5.41 Å². The Morgan fingerprint density at radius 2 is 1.00 bits per heavy atom. The van der Waals surface area contributed by atoms with Gasteiger partial charge in [0, 0.05) is 0 Å². The van der Waals surface area contributed by atoms with E-state index in [1.165, 1.54) is 66.4 Å². The molecule has 1 aliphatic carbocycles. The summed E-state index contributed by atoms with van der Waals surface area (Å²) in [4.78, 5) is 0. The molecule has 0 spiro atoms. The van der Waals surface area contributed by atoms with Crippen molar-refractivity contribution in [2.24, 2.45) is 0 Å². The van der Waals surface area contributed by atoms with Gasteiger partial charge in [-0.05, 0) is 95.1 Å². The maximum absolute atomic E-state index is 2.46. The molecule has 160 valence electrons. The third-order valence-electron chi connectivity index (χ3n) is 7.50. The van der Waals surface area contributed by atoms with Crippen molar-refractivity contribution in [3.05, 3.63) is 142 Å². The molecule has 0 heterocycles. The molecule has 1 aliphatic rings. The largest absolute Gasteiger partial charge is 0.0718 e. The van der Waals surface area contributed by atoms with Crippen LogP contribution in [-0.2, 0) is 5.41 Å². The van der Waals surface area contributed by atoms with Crippen LogP contribution in [0.5, 0.6) is 0 Å². The highest BCUT2D eigenvalue weighted by Crippen LogP contribution is 2.58. The number of hydrogen-bond donors (Lipinski definition) is 0. The predicted molar refractivity (Wildman–Crippen MR) is 140 cm³/mol. The van der Waals surface area contributed by atoms with Crippen LogP contribution in [0.4, 0.5) is 0 Å². The van der Waals surface area contributed by atoms with E-state index in [0.717, 1.165) is 0 Å². The molecule has 5 aromatic rings. The first-order valence-electron chi connectivity index (χ1n) is 11.8. The van der Waals surface area contributed by atoms with Crippen LogP contribution in [0, 0.1) is 27.7 Å². The molecule has 0 nitrogen and oxygen atoms in total. The molecule has 0 saturated heterocycles. The summed E-state index contributed by atoms with van der Waals surface area (Å²) in [5, 5.41) is 2.61. The van der Waals surface area contributed by atoms with E-state index in [1.54, 1.807) is 0 Å². The second-order valence-electron chi connectivity index (χ2n) is 9.68. The molecule has 0 heteroatoms. The summed E-state index contributed by atoms with van der Waals surface area (Å²) in [6.07, 6.45) is 0. The minimum Gasteiger partial charge on any atom is -0.0620 e. The smallest absolute Gasteiger partial charge is 0.0620 e. The van der Waals surface area contributed by atoms with Crippen molar-refractivity contribution in [3.8, 4) is 11.1 Å². The fourth-order valence-electron chi connectivity index (χ4n) is 6.01. The first-order valence-corrected chi connectivity index (χ1v) is 11.8. The molecular formula is C33H28. The second-order valence-corrected chi connectivity index (χ2v) is 9.68. The fourth-order valence-corrected chi connectivity index (χ4v) is 6.01. The Bertz CT molecular complexity index is 1500. The van der Waals surface area contributed by atoms with Crippen LogP contribution in [0.25, 0.3) is 21.9 Å². The average Bonchev–Trinajstić information content (AvgIpc) is 3.07. The third kappa shape index (κ3) is 2.77. The van der Waals surface area contributed by atoms with Gasteiger partial charge >= 0.3 is 0 Å².